The highest BCUT2D eigenvalue weighted by Crippen LogP contribution is 2.34. The van der Waals surface area contributed by atoms with E-state index in [2.05, 4.69) is 20.9 Å². The number of benzene rings is 2. The average Bonchev–Trinajstić information content (AvgIpc) is 2.74. The molecule has 5 nitrogen and oxygen atoms in total. The molecule has 1 aliphatic carbocycles. The highest BCUT2D eigenvalue weighted by atomic mass is 35.5. The summed E-state index contributed by atoms with van der Waals surface area (Å²) in [7, 11) is 0. The minimum Gasteiger partial charge on any atom is -0.382 e. The Hall–Kier alpha value is -3.00. The van der Waals surface area contributed by atoms with Gasteiger partial charge in [-0.3, -0.25) is 4.98 Å². The highest BCUT2D eigenvalue weighted by Gasteiger charge is 2.33. The van der Waals surface area contributed by atoms with Crippen molar-refractivity contribution in [1.82, 2.24) is 10.3 Å². The number of carbonyl (C=O) groups excluding carboxylic acids is 1. The first-order valence-corrected chi connectivity index (χ1v) is 10.7. The van der Waals surface area contributed by atoms with E-state index in [0.717, 1.165) is 48.3 Å². The monoisotopic (exact) mass is 462 g/mol. The van der Waals surface area contributed by atoms with E-state index in [0.29, 0.717) is 5.02 Å². The number of alkyl halides is 3. The van der Waals surface area contributed by atoms with Crippen LogP contribution in [0, 0.1) is 0 Å². The smallest absolute Gasteiger partial charge is 0.382 e. The summed E-state index contributed by atoms with van der Waals surface area (Å²) in [4.78, 5) is 16.6. The number of halogens is 4. The maximum Gasteiger partial charge on any atom is 0.418 e. The third-order valence-electron chi connectivity index (χ3n) is 5.61. The van der Waals surface area contributed by atoms with Gasteiger partial charge in [0.1, 0.15) is 0 Å². The topological polar surface area (TPSA) is 66.1 Å². The first-order chi connectivity index (χ1) is 15.3. The van der Waals surface area contributed by atoms with E-state index in [1.165, 1.54) is 18.2 Å². The molecule has 0 spiro atoms. The van der Waals surface area contributed by atoms with E-state index < -0.39 is 17.8 Å². The van der Waals surface area contributed by atoms with Gasteiger partial charge in [-0.25, -0.2) is 4.79 Å². The molecule has 1 saturated carbocycles. The number of amides is 2. The van der Waals surface area contributed by atoms with Crippen LogP contribution in [0.3, 0.4) is 0 Å². The van der Waals surface area contributed by atoms with Gasteiger partial charge in [0.15, 0.2) is 0 Å². The van der Waals surface area contributed by atoms with E-state index in [4.69, 9.17) is 11.6 Å². The van der Waals surface area contributed by atoms with Crippen molar-refractivity contribution in [2.24, 2.45) is 0 Å². The maximum atomic E-state index is 13.1. The van der Waals surface area contributed by atoms with Crippen LogP contribution in [-0.2, 0) is 6.18 Å². The Kier molecular flexibility index (Phi) is 6.41. The van der Waals surface area contributed by atoms with Gasteiger partial charge in [-0.05, 0) is 62.1 Å². The van der Waals surface area contributed by atoms with Gasteiger partial charge < -0.3 is 16.0 Å². The molecule has 0 aliphatic heterocycles. The molecule has 0 bridgehead atoms. The third-order valence-corrected chi connectivity index (χ3v) is 5.84. The second kappa shape index (κ2) is 9.24. The number of nitrogens with zero attached hydrogens (tertiary/aromatic N) is 1. The van der Waals surface area contributed by atoms with Crippen LogP contribution in [0.1, 0.15) is 31.2 Å². The molecule has 3 aromatic rings. The van der Waals surface area contributed by atoms with Gasteiger partial charge in [0.05, 0.1) is 16.8 Å². The van der Waals surface area contributed by atoms with Gasteiger partial charge in [0, 0.05) is 34.4 Å². The molecule has 2 amide bonds. The fraction of sp³-hybridized carbons (Fsp3) is 0.304. The van der Waals surface area contributed by atoms with Crippen LogP contribution < -0.4 is 16.0 Å². The van der Waals surface area contributed by atoms with Crippen molar-refractivity contribution in [1.29, 1.82) is 0 Å². The van der Waals surface area contributed by atoms with E-state index >= 15 is 0 Å². The van der Waals surface area contributed by atoms with Crippen molar-refractivity contribution in [3.05, 3.63) is 65.3 Å². The number of para-hydroxylation sites is 1. The fourth-order valence-corrected chi connectivity index (χ4v) is 4.20. The fourth-order valence-electron chi connectivity index (χ4n) is 4.03. The summed E-state index contributed by atoms with van der Waals surface area (Å²) in [6.45, 7) is 0. The molecule has 1 fully saturated rings. The Labute approximate surface area is 188 Å². The van der Waals surface area contributed by atoms with E-state index in [9.17, 15) is 18.0 Å². The number of hydrogen-bond donors (Lipinski definition) is 3. The van der Waals surface area contributed by atoms with Crippen molar-refractivity contribution < 1.29 is 18.0 Å². The molecule has 2 aromatic carbocycles. The first kappa shape index (κ1) is 22.2. The Morgan fingerprint density at radius 2 is 1.69 bits per heavy atom. The number of carbonyl (C=O) groups is 1. The molecule has 9 heteroatoms. The van der Waals surface area contributed by atoms with Crippen LogP contribution in [0.4, 0.5) is 29.3 Å². The second-order valence-electron chi connectivity index (χ2n) is 7.85. The standard InChI is InChI=1S/C23H22ClF3N4O/c24-14-5-10-17-19(11-12-28-21(17)13-14)29-15-6-8-16(9-7-15)30-22(32)31-20-4-2-1-3-18(20)23(25,26)27/h1-5,10-13,15-16H,6-9H2,(H,28,29)(H2,30,31,32)/t15-,16+. The lowest BCUT2D eigenvalue weighted by Crippen LogP contribution is -2.42. The summed E-state index contributed by atoms with van der Waals surface area (Å²) in [5, 5.41) is 10.3. The molecular formula is C23H22ClF3N4O. The molecule has 4 rings (SSSR count). The number of pyridine rings is 1. The molecule has 32 heavy (non-hydrogen) atoms. The minimum atomic E-state index is -4.53. The summed E-state index contributed by atoms with van der Waals surface area (Å²) in [5.74, 6) is 0. The number of urea groups is 1. The molecular weight excluding hydrogens is 441 g/mol. The number of anilines is 2. The predicted octanol–water partition coefficient (Wildman–Crippen LogP) is 6.45. The Balaban J connectivity index is 1.32. The van der Waals surface area contributed by atoms with Crippen molar-refractivity contribution in [2.75, 3.05) is 10.6 Å². The molecule has 0 atom stereocenters. The van der Waals surface area contributed by atoms with E-state index in [1.807, 2.05) is 24.3 Å². The quantitative estimate of drug-likeness (QED) is 0.417. The average molecular weight is 463 g/mol. The first-order valence-electron chi connectivity index (χ1n) is 10.3. The Morgan fingerprint density at radius 1 is 0.969 bits per heavy atom. The summed E-state index contributed by atoms with van der Waals surface area (Å²) >= 11 is 6.05. The lowest BCUT2D eigenvalue weighted by atomic mass is 9.91. The largest absolute Gasteiger partial charge is 0.418 e. The third kappa shape index (κ3) is 5.24. The van der Waals surface area contributed by atoms with Crippen molar-refractivity contribution in [3.8, 4) is 0 Å². The van der Waals surface area contributed by atoms with Gasteiger partial charge in [0.2, 0.25) is 0 Å². The highest BCUT2D eigenvalue weighted by molar-refractivity contribution is 6.31. The molecule has 0 radical (unpaired) electrons. The minimum absolute atomic E-state index is 0.0981. The number of fused-ring (bicyclic) bond motifs is 1. The zero-order chi connectivity index (χ0) is 22.7. The lowest BCUT2D eigenvalue weighted by Gasteiger charge is -2.30. The van der Waals surface area contributed by atoms with E-state index in [1.54, 1.807) is 6.20 Å². The molecule has 1 aromatic heterocycles. The van der Waals surface area contributed by atoms with Crippen LogP contribution in [0.15, 0.2) is 54.7 Å². The summed E-state index contributed by atoms with van der Waals surface area (Å²) < 4.78 is 39.3. The summed E-state index contributed by atoms with van der Waals surface area (Å²) in [6, 6.07) is 11.9. The molecule has 0 unspecified atom stereocenters. The number of aromatic nitrogens is 1. The van der Waals surface area contributed by atoms with Crippen molar-refractivity contribution in [3.63, 3.8) is 0 Å². The predicted molar refractivity (Wildman–Crippen MR) is 120 cm³/mol. The molecule has 1 aliphatic rings. The Bertz CT molecular complexity index is 1110. The zero-order valence-corrected chi connectivity index (χ0v) is 17.8. The van der Waals surface area contributed by atoms with Gasteiger partial charge >= 0.3 is 12.2 Å². The normalized spacial score (nSPS) is 18.9. The maximum absolute atomic E-state index is 13.1. The SMILES string of the molecule is O=C(Nc1ccccc1C(F)(F)F)N[C@H]1CC[C@@H](Nc2ccnc3cc(Cl)ccc23)CC1. The van der Waals surface area contributed by atoms with Crippen LogP contribution >= 0.6 is 11.6 Å². The van der Waals surface area contributed by atoms with Crippen molar-refractivity contribution >= 4 is 39.9 Å². The Morgan fingerprint density at radius 3 is 2.44 bits per heavy atom. The van der Waals surface area contributed by atoms with E-state index in [-0.39, 0.29) is 17.8 Å². The number of rotatable bonds is 4. The second-order valence-corrected chi connectivity index (χ2v) is 8.29. The van der Waals surface area contributed by atoms with Gasteiger partial charge in [-0.2, -0.15) is 13.2 Å². The number of hydrogen-bond acceptors (Lipinski definition) is 3. The van der Waals surface area contributed by atoms with Crippen LogP contribution in [-0.4, -0.2) is 23.1 Å². The lowest BCUT2D eigenvalue weighted by molar-refractivity contribution is -0.136. The molecule has 3 N–H and O–H groups in total. The van der Waals surface area contributed by atoms with Gasteiger partial charge in [0.25, 0.3) is 0 Å². The summed E-state index contributed by atoms with van der Waals surface area (Å²) in [5.41, 5.74) is 0.671. The van der Waals surface area contributed by atoms with Crippen LogP contribution in [0.5, 0.6) is 0 Å². The van der Waals surface area contributed by atoms with Gasteiger partial charge in [-0.15, -0.1) is 0 Å². The summed E-state index contributed by atoms with van der Waals surface area (Å²) in [6.07, 6.45) is 0.290. The van der Waals surface area contributed by atoms with Crippen molar-refractivity contribution in [2.45, 2.75) is 43.9 Å². The molecule has 0 saturated heterocycles. The molecule has 168 valence electrons. The van der Waals surface area contributed by atoms with Gasteiger partial charge in [-0.1, -0.05) is 23.7 Å². The zero-order valence-electron chi connectivity index (χ0n) is 17.0. The van der Waals surface area contributed by atoms with Crippen LogP contribution in [0.2, 0.25) is 5.02 Å². The number of nitrogens with one attached hydrogen (secondary N) is 3. The van der Waals surface area contributed by atoms with Crippen LogP contribution in [0.25, 0.3) is 10.9 Å². The molecule has 1 heterocycles.